The van der Waals surface area contributed by atoms with E-state index in [4.69, 9.17) is 18.9 Å². The molecule has 0 radical (unpaired) electrons. The number of hydrogen-bond acceptors (Lipinski definition) is 6. The molecule has 0 heterocycles. The highest BCUT2D eigenvalue weighted by molar-refractivity contribution is 5.81. The van der Waals surface area contributed by atoms with Gasteiger partial charge in [0, 0.05) is 12.0 Å². The second-order valence-electron chi connectivity index (χ2n) is 6.99. The molecule has 0 aliphatic carbocycles. The largest absolute Gasteiger partial charge is 0.378 e. The second-order valence-corrected chi connectivity index (χ2v) is 6.99. The van der Waals surface area contributed by atoms with Gasteiger partial charge >= 0.3 is 0 Å². The number of halogens is 1. The van der Waals surface area contributed by atoms with Gasteiger partial charge in [-0.1, -0.05) is 34.6 Å². The first-order chi connectivity index (χ1) is 13.3. The molecule has 28 heavy (non-hydrogen) atoms. The normalized spacial score (nSPS) is 13.4. The Bertz CT molecular complexity index is 354. The van der Waals surface area contributed by atoms with Crippen LogP contribution in [0, 0.1) is 5.41 Å². The summed E-state index contributed by atoms with van der Waals surface area (Å²) in [6.07, 6.45) is -1.86. The van der Waals surface area contributed by atoms with Crippen LogP contribution in [0.15, 0.2) is 0 Å². The SMILES string of the molecule is CC.CNCCOCCOCCOCCOC(C)C(F)CNC(=O)C(C)(C)C. The van der Waals surface area contributed by atoms with Gasteiger partial charge in [-0.15, -0.1) is 0 Å². The number of ether oxygens (including phenoxy) is 4. The van der Waals surface area contributed by atoms with Crippen molar-refractivity contribution < 1.29 is 28.1 Å². The molecule has 0 saturated heterocycles. The van der Waals surface area contributed by atoms with E-state index >= 15 is 0 Å². The highest BCUT2D eigenvalue weighted by Crippen LogP contribution is 2.12. The van der Waals surface area contributed by atoms with E-state index in [1.54, 1.807) is 27.7 Å². The van der Waals surface area contributed by atoms with E-state index in [-0.39, 0.29) is 12.5 Å². The Morgan fingerprint density at radius 2 is 1.39 bits per heavy atom. The van der Waals surface area contributed by atoms with Gasteiger partial charge < -0.3 is 29.6 Å². The van der Waals surface area contributed by atoms with Crippen molar-refractivity contribution in [2.24, 2.45) is 5.41 Å². The minimum Gasteiger partial charge on any atom is -0.378 e. The van der Waals surface area contributed by atoms with E-state index in [0.717, 1.165) is 6.54 Å². The molecule has 0 rings (SSSR count). The van der Waals surface area contributed by atoms with Gasteiger partial charge in [0.1, 0.15) is 6.17 Å². The molecule has 0 saturated carbocycles. The molecule has 0 aliphatic rings. The molecule has 0 fully saturated rings. The summed E-state index contributed by atoms with van der Waals surface area (Å²) in [4.78, 5) is 11.7. The quantitative estimate of drug-likeness (QED) is 0.380. The zero-order valence-corrected chi connectivity index (χ0v) is 18.9. The monoisotopic (exact) mass is 410 g/mol. The number of rotatable bonds is 16. The van der Waals surface area contributed by atoms with Crippen LogP contribution in [0.25, 0.3) is 0 Å². The van der Waals surface area contributed by atoms with Crippen molar-refractivity contribution in [3.8, 4) is 0 Å². The van der Waals surface area contributed by atoms with E-state index in [0.29, 0.717) is 46.2 Å². The van der Waals surface area contributed by atoms with Crippen molar-refractivity contribution in [3.05, 3.63) is 0 Å². The summed E-state index contributed by atoms with van der Waals surface area (Å²) in [6, 6.07) is 0. The van der Waals surface area contributed by atoms with E-state index in [9.17, 15) is 9.18 Å². The van der Waals surface area contributed by atoms with E-state index in [2.05, 4.69) is 10.6 Å². The molecule has 0 aromatic rings. The van der Waals surface area contributed by atoms with Crippen LogP contribution in [-0.2, 0) is 23.7 Å². The molecule has 0 aliphatic heterocycles. The van der Waals surface area contributed by atoms with Crippen LogP contribution < -0.4 is 10.6 Å². The van der Waals surface area contributed by atoms with Crippen molar-refractivity contribution in [1.82, 2.24) is 10.6 Å². The first kappa shape index (κ1) is 29.4. The summed E-state index contributed by atoms with van der Waals surface area (Å²) in [6.45, 7) is 15.1. The zero-order valence-electron chi connectivity index (χ0n) is 18.9. The second kappa shape index (κ2) is 19.5. The van der Waals surface area contributed by atoms with Crippen LogP contribution in [0.5, 0.6) is 0 Å². The van der Waals surface area contributed by atoms with Gasteiger partial charge in [0.25, 0.3) is 0 Å². The Morgan fingerprint density at radius 3 is 1.86 bits per heavy atom. The fraction of sp³-hybridized carbons (Fsp3) is 0.950. The highest BCUT2D eigenvalue weighted by atomic mass is 19.1. The molecule has 2 N–H and O–H groups in total. The molecule has 0 aromatic heterocycles. The summed E-state index contributed by atoms with van der Waals surface area (Å²) in [5, 5.41) is 5.59. The van der Waals surface area contributed by atoms with Crippen LogP contribution in [0.4, 0.5) is 4.39 Å². The predicted octanol–water partition coefficient (Wildman–Crippen LogP) is 2.19. The third kappa shape index (κ3) is 18.6. The maximum Gasteiger partial charge on any atom is 0.225 e. The topological polar surface area (TPSA) is 78.1 Å². The summed E-state index contributed by atoms with van der Waals surface area (Å²) in [5.41, 5.74) is -0.529. The molecule has 0 spiro atoms. The first-order valence-electron chi connectivity index (χ1n) is 10.2. The Balaban J connectivity index is 0. The van der Waals surface area contributed by atoms with E-state index in [1.165, 1.54) is 0 Å². The summed E-state index contributed by atoms with van der Waals surface area (Å²) in [5.74, 6) is -0.178. The molecule has 8 heteroatoms. The Morgan fingerprint density at radius 1 is 0.929 bits per heavy atom. The van der Waals surface area contributed by atoms with Gasteiger partial charge in [-0.25, -0.2) is 4.39 Å². The van der Waals surface area contributed by atoms with Crippen molar-refractivity contribution in [2.45, 2.75) is 53.8 Å². The van der Waals surface area contributed by atoms with E-state index in [1.807, 2.05) is 20.9 Å². The first-order valence-corrected chi connectivity index (χ1v) is 10.2. The Hall–Kier alpha value is -0.800. The van der Waals surface area contributed by atoms with Gasteiger partial charge in [0.2, 0.25) is 5.91 Å². The minimum atomic E-state index is -1.26. The summed E-state index contributed by atoms with van der Waals surface area (Å²) < 4.78 is 35.4. The molecule has 0 aromatic carbocycles. The molecule has 7 nitrogen and oxygen atoms in total. The maximum absolute atomic E-state index is 14.0. The lowest BCUT2D eigenvalue weighted by atomic mass is 9.95. The molecule has 170 valence electrons. The lowest BCUT2D eigenvalue weighted by molar-refractivity contribution is -0.129. The molecule has 2 unspecified atom stereocenters. The van der Waals surface area contributed by atoms with Crippen molar-refractivity contribution in [1.29, 1.82) is 0 Å². The van der Waals surface area contributed by atoms with Gasteiger partial charge in [-0.2, -0.15) is 0 Å². The van der Waals surface area contributed by atoms with Gasteiger partial charge in [-0.3, -0.25) is 4.79 Å². The lowest BCUT2D eigenvalue weighted by Crippen LogP contribution is -2.41. The minimum absolute atomic E-state index is 0.0532. The smallest absolute Gasteiger partial charge is 0.225 e. The molecule has 1 amide bonds. The van der Waals surface area contributed by atoms with Crippen LogP contribution in [0.1, 0.15) is 41.5 Å². The van der Waals surface area contributed by atoms with Crippen LogP contribution in [0.3, 0.4) is 0 Å². The van der Waals surface area contributed by atoms with Gasteiger partial charge in [0.15, 0.2) is 0 Å². The zero-order chi connectivity index (χ0) is 21.8. The predicted molar refractivity (Wildman–Crippen MR) is 111 cm³/mol. The average Bonchev–Trinajstić information content (AvgIpc) is 2.67. The summed E-state index contributed by atoms with van der Waals surface area (Å²) in [7, 11) is 1.88. The summed E-state index contributed by atoms with van der Waals surface area (Å²) >= 11 is 0. The third-order valence-corrected chi connectivity index (χ3v) is 3.50. The standard InChI is InChI=1S/C18H37FN2O5.C2H6/c1-15(16(19)14-21-17(22)18(2,3)4)26-13-12-25-11-10-24-9-8-23-7-6-20-5;1-2/h15-16,20H,6-14H2,1-5H3,(H,21,22);1-2H3. The Labute approximate surface area is 171 Å². The van der Waals surface area contributed by atoms with Gasteiger partial charge in [-0.05, 0) is 14.0 Å². The fourth-order valence-corrected chi connectivity index (χ4v) is 1.73. The number of alkyl halides is 1. The molecular weight excluding hydrogens is 367 g/mol. The highest BCUT2D eigenvalue weighted by Gasteiger charge is 2.23. The van der Waals surface area contributed by atoms with Crippen molar-refractivity contribution >= 4 is 5.91 Å². The molecular formula is C20H43FN2O5. The number of amides is 1. The average molecular weight is 411 g/mol. The number of hydrogen-bond donors (Lipinski definition) is 2. The molecule has 0 bridgehead atoms. The van der Waals surface area contributed by atoms with Crippen molar-refractivity contribution in [3.63, 3.8) is 0 Å². The van der Waals surface area contributed by atoms with Crippen LogP contribution in [0.2, 0.25) is 0 Å². The molecule has 2 atom stereocenters. The number of carbonyl (C=O) groups is 1. The van der Waals surface area contributed by atoms with E-state index < -0.39 is 17.7 Å². The van der Waals surface area contributed by atoms with Crippen molar-refractivity contribution in [2.75, 3.05) is 66.4 Å². The van der Waals surface area contributed by atoms with Gasteiger partial charge in [0.05, 0.1) is 58.9 Å². The Kier molecular flexibility index (Phi) is 20.5. The number of likely N-dealkylation sites (N-methyl/N-ethyl adjacent to an activating group) is 1. The number of carbonyl (C=O) groups excluding carboxylic acids is 1. The van der Waals surface area contributed by atoms with Crippen LogP contribution >= 0.6 is 0 Å². The third-order valence-electron chi connectivity index (χ3n) is 3.50. The maximum atomic E-state index is 14.0. The van der Waals surface area contributed by atoms with Crippen LogP contribution in [-0.4, -0.2) is 84.6 Å². The number of nitrogens with one attached hydrogen (secondary N) is 2. The fourth-order valence-electron chi connectivity index (χ4n) is 1.73. The lowest BCUT2D eigenvalue weighted by Gasteiger charge is -2.21.